The van der Waals surface area contributed by atoms with E-state index in [-0.39, 0.29) is 12.2 Å². The highest BCUT2D eigenvalue weighted by atomic mass is 79.9. The number of hydrogen-bond acceptors (Lipinski definition) is 2. The quantitative estimate of drug-likeness (QED) is 0.771. The largest absolute Gasteiger partial charge is 0.207 e. The Labute approximate surface area is 92.9 Å². The first-order chi connectivity index (χ1) is 6.74. The molecule has 0 spiro atoms. The molecular weight excluding hydrogens is 265 g/mol. The maximum Gasteiger partial charge on any atom is 0.128 e. The van der Waals surface area contributed by atoms with Crippen LogP contribution in [-0.2, 0) is 6.42 Å². The minimum absolute atomic E-state index is 0.121. The summed E-state index contributed by atoms with van der Waals surface area (Å²) in [4.78, 5) is 0. The van der Waals surface area contributed by atoms with E-state index in [2.05, 4.69) is 15.9 Å². The number of thiophene rings is 1. The molecule has 1 heterocycles. The third-order valence-corrected chi connectivity index (χ3v) is 4.01. The topological polar surface area (TPSA) is 23.8 Å². The molecule has 0 aliphatic carbocycles. The molecule has 0 radical (unpaired) electrons. The summed E-state index contributed by atoms with van der Waals surface area (Å²) in [5, 5.41) is 11.5. The molecule has 0 bridgehead atoms. The van der Waals surface area contributed by atoms with E-state index in [0.717, 1.165) is 14.6 Å². The minimum Gasteiger partial charge on any atom is -0.207 e. The van der Waals surface area contributed by atoms with Crippen LogP contribution in [0, 0.1) is 17.1 Å². The van der Waals surface area contributed by atoms with Gasteiger partial charge in [-0.05, 0) is 28.1 Å². The normalized spacial score (nSPS) is 10.4. The highest BCUT2D eigenvalue weighted by molar-refractivity contribution is 9.10. The molecule has 4 heteroatoms. The predicted octanol–water partition coefficient (Wildman–Crippen LogP) is 3.87. The number of rotatable bonds is 1. The zero-order valence-electron chi connectivity index (χ0n) is 7.05. The van der Waals surface area contributed by atoms with Crippen LogP contribution in [0.4, 0.5) is 4.39 Å². The lowest BCUT2D eigenvalue weighted by Gasteiger charge is -1.99. The monoisotopic (exact) mass is 269 g/mol. The van der Waals surface area contributed by atoms with Crippen LogP contribution in [0.1, 0.15) is 5.56 Å². The maximum absolute atomic E-state index is 13.4. The molecule has 2 rings (SSSR count). The summed E-state index contributed by atoms with van der Waals surface area (Å²) in [6, 6.07) is 5.12. The van der Waals surface area contributed by atoms with Gasteiger partial charge in [-0.2, -0.15) is 5.26 Å². The van der Waals surface area contributed by atoms with Gasteiger partial charge < -0.3 is 0 Å². The summed E-state index contributed by atoms with van der Waals surface area (Å²) in [7, 11) is 0. The van der Waals surface area contributed by atoms with Crippen molar-refractivity contribution in [3.05, 3.63) is 33.4 Å². The molecule has 0 saturated heterocycles. The number of benzene rings is 1. The minimum atomic E-state index is -0.298. The highest BCUT2D eigenvalue weighted by Crippen LogP contribution is 2.33. The molecule has 14 heavy (non-hydrogen) atoms. The summed E-state index contributed by atoms with van der Waals surface area (Å²) < 4.78 is 15.2. The van der Waals surface area contributed by atoms with E-state index in [1.165, 1.54) is 17.4 Å². The fourth-order valence-corrected chi connectivity index (χ4v) is 3.05. The lowest BCUT2D eigenvalue weighted by Crippen LogP contribution is -1.87. The molecule has 0 fully saturated rings. The fraction of sp³-hybridized carbons (Fsp3) is 0.100. The summed E-state index contributed by atoms with van der Waals surface area (Å²) in [6.07, 6.45) is 0.121. The number of hydrogen-bond donors (Lipinski definition) is 0. The maximum atomic E-state index is 13.4. The first-order valence-electron chi connectivity index (χ1n) is 3.95. The third kappa shape index (κ3) is 1.43. The van der Waals surface area contributed by atoms with Crippen molar-refractivity contribution in [3.63, 3.8) is 0 Å². The number of nitriles is 1. The zero-order chi connectivity index (χ0) is 10.1. The van der Waals surface area contributed by atoms with Crippen LogP contribution >= 0.6 is 27.3 Å². The Balaban J connectivity index is 2.78. The molecule has 1 aromatic heterocycles. The molecule has 1 aromatic carbocycles. The van der Waals surface area contributed by atoms with Crippen LogP contribution < -0.4 is 0 Å². The Bertz CT molecular complexity index is 527. The Hall–Kier alpha value is -0.920. The van der Waals surface area contributed by atoms with Gasteiger partial charge in [0.05, 0.1) is 12.5 Å². The van der Waals surface area contributed by atoms with Gasteiger partial charge >= 0.3 is 0 Å². The van der Waals surface area contributed by atoms with Gasteiger partial charge in [-0.25, -0.2) is 4.39 Å². The lowest BCUT2D eigenvalue weighted by atomic mass is 10.1. The van der Waals surface area contributed by atoms with E-state index in [0.29, 0.717) is 5.56 Å². The average Bonchev–Trinajstić information content (AvgIpc) is 2.53. The van der Waals surface area contributed by atoms with Gasteiger partial charge in [-0.15, -0.1) is 11.3 Å². The number of halogens is 2. The Morgan fingerprint density at radius 3 is 3.00 bits per heavy atom. The van der Waals surface area contributed by atoms with E-state index in [1.807, 2.05) is 11.4 Å². The van der Waals surface area contributed by atoms with Crippen molar-refractivity contribution in [1.82, 2.24) is 0 Å². The van der Waals surface area contributed by atoms with Gasteiger partial charge in [0.1, 0.15) is 5.82 Å². The van der Waals surface area contributed by atoms with E-state index in [4.69, 9.17) is 5.26 Å². The van der Waals surface area contributed by atoms with Gasteiger partial charge in [0.2, 0.25) is 0 Å². The lowest BCUT2D eigenvalue weighted by molar-refractivity contribution is 0.618. The molecule has 0 amide bonds. The van der Waals surface area contributed by atoms with Crippen LogP contribution in [0.5, 0.6) is 0 Å². The van der Waals surface area contributed by atoms with Crippen molar-refractivity contribution < 1.29 is 4.39 Å². The van der Waals surface area contributed by atoms with Gasteiger partial charge in [-0.1, -0.05) is 0 Å². The summed E-state index contributed by atoms with van der Waals surface area (Å²) >= 11 is 4.84. The molecule has 0 N–H and O–H groups in total. The molecular formula is C10H5BrFNS. The van der Waals surface area contributed by atoms with Crippen molar-refractivity contribution in [2.45, 2.75) is 6.42 Å². The van der Waals surface area contributed by atoms with Gasteiger partial charge in [0.15, 0.2) is 0 Å². The molecule has 0 aliphatic heterocycles. The van der Waals surface area contributed by atoms with Crippen molar-refractivity contribution in [3.8, 4) is 6.07 Å². The fourth-order valence-electron chi connectivity index (χ4n) is 1.34. The first-order valence-corrected chi connectivity index (χ1v) is 5.62. The van der Waals surface area contributed by atoms with Crippen molar-refractivity contribution in [2.24, 2.45) is 0 Å². The molecule has 0 aliphatic rings. The Morgan fingerprint density at radius 2 is 2.29 bits per heavy atom. The molecule has 0 saturated carbocycles. The van der Waals surface area contributed by atoms with Crippen LogP contribution in [0.3, 0.4) is 0 Å². The predicted molar refractivity (Wildman–Crippen MR) is 58.8 cm³/mol. The van der Waals surface area contributed by atoms with Gasteiger partial charge in [0, 0.05) is 25.5 Å². The molecule has 70 valence electrons. The van der Waals surface area contributed by atoms with Crippen LogP contribution in [0.2, 0.25) is 0 Å². The van der Waals surface area contributed by atoms with Crippen molar-refractivity contribution in [1.29, 1.82) is 5.26 Å². The zero-order valence-corrected chi connectivity index (χ0v) is 9.45. The van der Waals surface area contributed by atoms with Crippen molar-refractivity contribution in [2.75, 3.05) is 0 Å². The first kappa shape index (κ1) is 9.63. The van der Waals surface area contributed by atoms with Crippen LogP contribution in [0.15, 0.2) is 22.0 Å². The summed E-state index contributed by atoms with van der Waals surface area (Å²) in [6.45, 7) is 0. The van der Waals surface area contributed by atoms with Gasteiger partial charge in [-0.3, -0.25) is 0 Å². The second kappa shape index (κ2) is 3.68. The molecule has 2 aromatic rings. The summed E-state index contributed by atoms with van der Waals surface area (Å²) in [5.74, 6) is -0.298. The Kier molecular flexibility index (Phi) is 2.53. The third-order valence-electron chi connectivity index (χ3n) is 2.00. The molecule has 0 unspecified atom stereocenters. The second-order valence-electron chi connectivity index (χ2n) is 2.82. The molecule has 1 nitrogen and oxygen atoms in total. The van der Waals surface area contributed by atoms with Crippen LogP contribution in [-0.4, -0.2) is 0 Å². The summed E-state index contributed by atoms with van der Waals surface area (Å²) in [5.41, 5.74) is 0.501. The molecule has 0 atom stereocenters. The van der Waals surface area contributed by atoms with E-state index >= 15 is 0 Å². The van der Waals surface area contributed by atoms with Crippen molar-refractivity contribution >= 4 is 37.4 Å². The average molecular weight is 270 g/mol. The SMILES string of the molecule is N#CCc1c(F)ccc2c(Br)csc12. The van der Waals surface area contributed by atoms with E-state index in [1.54, 1.807) is 6.07 Å². The smallest absolute Gasteiger partial charge is 0.128 e. The van der Waals surface area contributed by atoms with Crippen LogP contribution in [0.25, 0.3) is 10.1 Å². The Morgan fingerprint density at radius 1 is 1.50 bits per heavy atom. The van der Waals surface area contributed by atoms with E-state index in [9.17, 15) is 4.39 Å². The second-order valence-corrected chi connectivity index (χ2v) is 4.56. The standard InChI is InChI=1S/C10H5BrFNS/c11-8-5-14-10-6(8)1-2-9(12)7(10)3-4-13/h1-2,5H,3H2. The van der Waals surface area contributed by atoms with Gasteiger partial charge in [0.25, 0.3) is 0 Å². The highest BCUT2D eigenvalue weighted by Gasteiger charge is 2.10. The number of nitrogens with zero attached hydrogens (tertiary/aromatic N) is 1. The number of fused-ring (bicyclic) bond motifs is 1. The van der Waals surface area contributed by atoms with E-state index < -0.39 is 0 Å².